The van der Waals surface area contributed by atoms with Crippen LogP contribution in [0.3, 0.4) is 0 Å². The number of rotatable bonds is 3. The average Bonchev–Trinajstić information content (AvgIpc) is 2.53. The Bertz CT molecular complexity index is 682. The van der Waals surface area contributed by atoms with Crippen molar-refractivity contribution in [1.29, 1.82) is 0 Å². The highest BCUT2D eigenvalue weighted by atomic mass is 16.2. The van der Waals surface area contributed by atoms with Crippen LogP contribution in [0.5, 0.6) is 0 Å². The van der Waals surface area contributed by atoms with E-state index in [-0.39, 0.29) is 11.9 Å². The number of amides is 1. The monoisotopic (exact) mass is 310 g/mol. The Hall–Kier alpha value is -1.87. The number of hydrogen-bond donors (Lipinski definition) is 1. The number of fused-ring (bicyclic) bond motifs is 1. The fourth-order valence-electron chi connectivity index (χ4n) is 3.76. The van der Waals surface area contributed by atoms with Gasteiger partial charge in [0.2, 0.25) is 5.91 Å². The first-order chi connectivity index (χ1) is 11.0. The molecule has 0 radical (unpaired) electrons. The molecule has 3 heteroatoms. The fraction of sp³-hybridized carbons (Fsp3) is 0.450. The molecule has 1 fully saturated rings. The van der Waals surface area contributed by atoms with E-state index < -0.39 is 0 Å². The van der Waals surface area contributed by atoms with E-state index in [9.17, 15) is 4.79 Å². The van der Waals surface area contributed by atoms with Crippen LogP contribution >= 0.6 is 0 Å². The van der Waals surface area contributed by atoms with E-state index in [4.69, 9.17) is 0 Å². The lowest BCUT2D eigenvalue weighted by atomic mass is 9.91. The van der Waals surface area contributed by atoms with Gasteiger partial charge in [-0.15, -0.1) is 0 Å². The van der Waals surface area contributed by atoms with Crippen LogP contribution in [0.2, 0.25) is 0 Å². The van der Waals surface area contributed by atoms with Crippen LogP contribution in [-0.4, -0.2) is 29.9 Å². The Kier molecular flexibility index (Phi) is 4.67. The van der Waals surface area contributed by atoms with Crippen molar-refractivity contribution in [3.8, 4) is 0 Å². The number of likely N-dealkylation sites (tertiary alicyclic amines) is 1. The molecule has 0 spiro atoms. The molecule has 0 saturated carbocycles. The highest BCUT2D eigenvalue weighted by Crippen LogP contribution is 2.25. The van der Waals surface area contributed by atoms with Gasteiger partial charge in [0, 0.05) is 24.2 Å². The van der Waals surface area contributed by atoms with Crippen molar-refractivity contribution in [2.75, 3.05) is 18.4 Å². The zero-order valence-corrected chi connectivity index (χ0v) is 14.3. The summed E-state index contributed by atoms with van der Waals surface area (Å²) < 4.78 is 0. The fourth-order valence-corrected chi connectivity index (χ4v) is 3.76. The minimum absolute atomic E-state index is 0.0858. The number of benzene rings is 2. The van der Waals surface area contributed by atoms with Gasteiger partial charge in [-0.25, -0.2) is 0 Å². The van der Waals surface area contributed by atoms with Crippen molar-refractivity contribution in [3.05, 3.63) is 42.5 Å². The zero-order chi connectivity index (χ0) is 16.4. The molecule has 1 heterocycles. The number of piperidine rings is 1. The van der Waals surface area contributed by atoms with Crippen LogP contribution in [0.1, 0.15) is 27.2 Å². The van der Waals surface area contributed by atoms with Crippen LogP contribution in [0.25, 0.3) is 10.8 Å². The van der Waals surface area contributed by atoms with Gasteiger partial charge < -0.3 is 5.32 Å². The summed E-state index contributed by atoms with van der Waals surface area (Å²) in [6, 6.07) is 14.1. The van der Waals surface area contributed by atoms with Crippen molar-refractivity contribution in [2.24, 2.45) is 11.8 Å². The molecule has 2 aromatic rings. The van der Waals surface area contributed by atoms with Crippen LogP contribution in [0, 0.1) is 11.8 Å². The first-order valence-electron chi connectivity index (χ1n) is 8.57. The van der Waals surface area contributed by atoms with Crippen LogP contribution in [-0.2, 0) is 4.79 Å². The standard InChI is InChI=1S/C20H26N2O/c1-14-11-15(2)13-22(12-14)16(3)20(23)21-19-10-6-8-17-7-4-5-9-18(17)19/h4-10,14-16H,11-13H2,1-3H3,(H,21,23). The van der Waals surface area contributed by atoms with Gasteiger partial charge in [0.05, 0.1) is 6.04 Å². The molecular formula is C20H26N2O. The van der Waals surface area contributed by atoms with Gasteiger partial charge in [-0.3, -0.25) is 9.69 Å². The predicted molar refractivity (Wildman–Crippen MR) is 96.6 cm³/mol. The molecule has 0 aliphatic carbocycles. The summed E-state index contributed by atoms with van der Waals surface area (Å²) in [6.07, 6.45) is 1.26. The van der Waals surface area contributed by atoms with Gasteiger partial charge in [0.15, 0.2) is 0 Å². The SMILES string of the molecule is CC1CC(C)CN(C(C)C(=O)Nc2cccc3ccccc23)C1. The molecule has 122 valence electrons. The molecule has 1 aliphatic heterocycles. The lowest BCUT2D eigenvalue weighted by molar-refractivity contribution is -0.121. The van der Waals surface area contributed by atoms with Crippen molar-refractivity contribution in [2.45, 2.75) is 33.2 Å². The molecule has 1 N–H and O–H groups in total. The van der Waals surface area contributed by atoms with Gasteiger partial charge in [0.1, 0.15) is 0 Å². The Morgan fingerprint density at radius 3 is 2.48 bits per heavy atom. The molecule has 3 unspecified atom stereocenters. The number of carbonyl (C=O) groups excluding carboxylic acids is 1. The van der Waals surface area contributed by atoms with E-state index in [1.807, 2.05) is 31.2 Å². The maximum atomic E-state index is 12.7. The minimum atomic E-state index is -0.0980. The summed E-state index contributed by atoms with van der Waals surface area (Å²) in [6.45, 7) is 8.59. The maximum absolute atomic E-state index is 12.7. The molecule has 23 heavy (non-hydrogen) atoms. The Balaban J connectivity index is 1.75. The lowest BCUT2D eigenvalue weighted by Gasteiger charge is -2.38. The normalized spacial score (nSPS) is 23.6. The van der Waals surface area contributed by atoms with E-state index in [1.165, 1.54) is 6.42 Å². The minimum Gasteiger partial charge on any atom is -0.324 e. The number of nitrogens with zero attached hydrogens (tertiary/aromatic N) is 1. The zero-order valence-electron chi connectivity index (χ0n) is 14.3. The number of hydrogen-bond acceptors (Lipinski definition) is 2. The second kappa shape index (κ2) is 6.71. The van der Waals surface area contributed by atoms with Crippen LogP contribution in [0.15, 0.2) is 42.5 Å². The van der Waals surface area contributed by atoms with E-state index in [2.05, 4.69) is 42.3 Å². The number of anilines is 1. The van der Waals surface area contributed by atoms with Gasteiger partial charge in [-0.1, -0.05) is 50.2 Å². The van der Waals surface area contributed by atoms with Crippen molar-refractivity contribution in [1.82, 2.24) is 4.90 Å². The summed E-state index contributed by atoms with van der Waals surface area (Å²) >= 11 is 0. The molecule has 3 nitrogen and oxygen atoms in total. The summed E-state index contributed by atoms with van der Waals surface area (Å²) in [7, 11) is 0. The summed E-state index contributed by atoms with van der Waals surface area (Å²) in [5, 5.41) is 5.38. The first kappa shape index (κ1) is 16.0. The third kappa shape index (κ3) is 3.56. The highest BCUT2D eigenvalue weighted by molar-refractivity contribution is 6.03. The maximum Gasteiger partial charge on any atom is 0.241 e. The van der Waals surface area contributed by atoms with E-state index in [0.717, 1.165) is 29.5 Å². The van der Waals surface area contributed by atoms with E-state index >= 15 is 0 Å². The average molecular weight is 310 g/mol. The lowest BCUT2D eigenvalue weighted by Crippen LogP contribution is -2.48. The summed E-state index contributed by atoms with van der Waals surface area (Å²) in [5.74, 6) is 1.40. The molecule has 3 rings (SSSR count). The summed E-state index contributed by atoms with van der Waals surface area (Å²) in [5.41, 5.74) is 0.901. The molecular weight excluding hydrogens is 284 g/mol. The van der Waals surface area contributed by atoms with E-state index in [1.54, 1.807) is 0 Å². The molecule has 0 bridgehead atoms. The van der Waals surface area contributed by atoms with Gasteiger partial charge in [-0.05, 0) is 36.6 Å². The predicted octanol–water partition coefficient (Wildman–Crippen LogP) is 4.14. The number of carbonyl (C=O) groups is 1. The Morgan fingerprint density at radius 2 is 1.74 bits per heavy atom. The van der Waals surface area contributed by atoms with Crippen LogP contribution in [0.4, 0.5) is 5.69 Å². The van der Waals surface area contributed by atoms with Gasteiger partial charge in [0.25, 0.3) is 0 Å². The molecule has 2 aromatic carbocycles. The topological polar surface area (TPSA) is 32.3 Å². The van der Waals surface area contributed by atoms with Gasteiger partial charge in [-0.2, -0.15) is 0 Å². The Labute approximate surface area is 138 Å². The third-order valence-electron chi connectivity index (χ3n) is 4.87. The molecule has 3 atom stereocenters. The summed E-state index contributed by atoms with van der Waals surface area (Å²) in [4.78, 5) is 15.0. The molecule has 1 amide bonds. The van der Waals surface area contributed by atoms with Crippen molar-refractivity contribution < 1.29 is 4.79 Å². The number of nitrogens with one attached hydrogen (secondary N) is 1. The van der Waals surface area contributed by atoms with E-state index in [0.29, 0.717) is 11.8 Å². The van der Waals surface area contributed by atoms with Gasteiger partial charge >= 0.3 is 0 Å². The second-order valence-corrected chi connectivity index (χ2v) is 7.09. The smallest absolute Gasteiger partial charge is 0.241 e. The Morgan fingerprint density at radius 1 is 1.09 bits per heavy atom. The first-order valence-corrected chi connectivity index (χ1v) is 8.57. The molecule has 1 saturated heterocycles. The van der Waals surface area contributed by atoms with Crippen LogP contribution < -0.4 is 5.32 Å². The quantitative estimate of drug-likeness (QED) is 0.924. The molecule has 0 aromatic heterocycles. The highest BCUT2D eigenvalue weighted by Gasteiger charge is 2.28. The molecule has 1 aliphatic rings. The largest absolute Gasteiger partial charge is 0.324 e. The van der Waals surface area contributed by atoms with Crippen molar-refractivity contribution >= 4 is 22.4 Å². The second-order valence-electron chi connectivity index (χ2n) is 7.09. The van der Waals surface area contributed by atoms with Crippen molar-refractivity contribution in [3.63, 3.8) is 0 Å². The third-order valence-corrected chi connectivity index (χ3v) is 4.87.